The van der Waals surface area contributed by atoms with Crippen LogP contribution < -0.4 is 14.8 Å². The Balaban J connectivity index is 2.26. The molecule has 0 bridgehead atoms. The molecule has 0 fully saturated rings. The summed E-state index contributed by atoms with van der Waals surface area (Å²) in [5, 5.41) is 20.7. The van der Waals surface area contributed by atoms with Crippen LogP contribution in [0.25, 0.3) is 6.08 Å². The number of allylic oxidation sites excluding steroid dienone is 1. The van der Waals surface area contributed by atoms with E-state index in [4.69, 9.17) is 26.8 Å². The van der Waals surface area contributed by atoms with Crippen LogP contribution in [0.15, 0.2) is 47.2 Å². The van der Waals surface area contributed by atoms with E-state index in [0.717, 1.165) is 16.8 Å². The summed E-state index contributed by atoms with van der Waals surface area (Å²) in [5.74, 6) is 1.14. The predicted octanol–water partition coefficient (Wildman–Crippen LogP) is 3.55. The number of hydrogen-bond donors (Lipinski definition) is 1. The van der Waals surface area contributed by atoms with Crippen molar-refractivity contribution in [2.24, 2.45) is 5.10 Å². The second kappa shape index (κ2) is 8.27. The summed E-state index contributed by atoms with van der Waals surface area (Å²) >= 11 is 5.41. The van der Waals surface area contributed by atoms with E-state index < -0.39 is 4.92 Å². The van der Waals surface area contributed by atoms with Crippen molar-refractivity contribution in [1.82, 2.24) is 10.3 Å². The van der Waals surface area contributed by atoms with Gasteiger partial charge in [-0.05, 0) is 55.0 Å². The molecule has 1 heterocycles. The third-order valence-electron chi connectivity index (χ3n) is 4.47. The molecule has 0 aliphatic carbocycles. The van der Waals surface area contributed by atoms with Gasteiger partial charge < -0.3 is 14.8 Å². The molecule has 29 heavy (non-hydrogen) atoms. The molecule has 0 unspecified atom stereocenters. The molecule has 0 amide bonds. The summed E-state index contributed by atoms with van der Waals surface area (Å²) in [6.45, 7) is 1.90. The van der Waals surface area contributed by atoms with Gasteiger partial charge >= 0.3 is 0 Å². The summed E-state index contributed by atoms with van der Waals surface area (Å²) < 4.78 is 10.9. The van der Waals surface area contributed by atoms with Crippen LogP contribution in [0.3, 0.4) is 0 Å². The van der Waals surface area contributed by atoms with Gasteiger partial charge in [0.2, 0.25) is 0 Å². The lowest BCUT2D eigenvalue weighted by Crippen LogP contribution is -2.33. The molecular formula is C20H20N4O4S. The molecule has 2 aromatic rings. The Labute approximate surface area is 173 Å². The van der Waals surface area contributed by atoms with Crippen molar-refractivity contribution in [3.63, 3.8) is 0 Å². The van der Waals surface area contributed by atoms with Crippen molar-refractivity contribution in [2.45, 2.75) is 6.92 Å². The Bertz CT molecular complexity index is 1030. The average molecular weight is 412 g/mol. The highest BCUT2D eigenvalue weighted by atomic mass is 32.1. The largest absolute Gasteiger partial charge is 0.493 e. The monoisotopic (exact) mass is 412 g/mol. The van der Waals surface area contributed by atoms with Crippen molar-refractivity contribution in [3.05, 3.63) is 68.9 Å². The fourth-order valence-electron chi connectivity index (χ4n) is 3.00. The summed E-state index contributed by atoms with van der Waals surface area (Å²) in [6.07, 6.45) is 1.95. The minimum Gasteiger partial charge on any atom is -0.493 e. The van der Waals surface area contributed by atoms with Crippen LogP contribution in [0.5, 0.6) is 11.5 Å². The zero-order valence-corrected chi connectivity index (χ0v) is 17.2. The minimum atomic E-state index is -0.436. The van der Waals surface area contributed by atoms with E-state index in [0.29, 0.717) is 27.9 Å². The number of thiocarbonyl (C=S) groups is 1. The van der Waals surface area contributed by atoms with Crippen molar-refractivity contribution < 1.29 is 14.4 Å². The molecule has 1 aliphatic rings. The van der Waals surface area contributed by atoms with E-state index >= 15 is 0 Å². The van der Waals surface area contributed by atoms with Gasteiger partial charge in [0.15, 0.2) is 16.6 Å². The SMILES string of the molecule is CNC(=S)N1N=C(c2ccc([N+](=O)[O-])cc2)c2cc(OC)c(OC)cc2C=C1C. The number of nitrogens with zero attached hydrogens (tertiary/aromatic N) is 3. The first-order chi connectivity index (χ1) is 13.9. The molecule has 150 valence electrons. The highest BCUT2D eigenvalue weighted by molar-refractivity contribution is 7.80. The highest BCUT2D eigenvalue weighted by Gasteiger charge is 2.23. The maximum atomic E-state index is 11.0. The molecule has 0 atom stereocenters. The van der Waals surface area contributed by atoms with Crippen molar-refractivity contribution in [3.8, 4) is 11.5 Å². The second-order valence-corrected chi connectivity index (χ2v) is 6.59. The number of hydrogen-bond acceptors (Lipinski definition) is 6. The molecule has 0 radical (unpaired) electrons. The average Bonchev–Trinajstić information content (AvgIpc) is 2.87. The van der Waals surface area contributed by atoms with Gasteiger partial charge in [-0.3, -0.25) is 10.1 Å². The maximum Gasteiger partial charge on any atom is 0.269 e. The Morgan fingerprint density at radius 3 is 2.34 bits per heavy atom. The minimum absolute atomic E-state index is 0.00687. The number of nitro groups is 1. The van der Waals surface area contributed by atoms with Gasteiger partial charge in [-0.15, -0.1) is 0 Å². The number of non-ortho nitro benzene ring substituents is 1. The van der Waals surface area contributed by atoms with E-state index in [2.05, 4.69) is 5.32 Å². The third-order valence-corrected chi connectivity index (χ3v) is 4.84. The molecule has 1 aliphatic heterocycles. The first-order valence-corrected chi connectivity index (χ1v) is 9.10. The number of nitrogens with one attached hydrogen (secondary N) is 1. The zero-order valence-electron chi connectivity index (χ0n) is 16.4. The number of ether oxygens (including phenoxy) is 2. The summed E-state index contributed by atoms with van der Waals surface area (Å²) in [4.78, 5) is 10.6. The molecule has 0 saturated heterocycles. The van der Waals surface area contributed by atoms with Crippen LogP contribution in [0.1, 0.15) is 23.6 Å². The highest BCUT2D eigenvalue weighted by Crippen LogP contribution is 2.35. The molecule has 0 spiro atoms. The normalized spacial score (nSPS) is 12.9. The number of rotatable bonds is 4. The molecule has 1 N–H and O–H groups in total. The fourth-order valence-corrected chi connectivity index (χ4v) is 3.19. The number of hydrazone groups is 1. The molecule has 0 saturated carbocycles. The van der Waals surface area contributed by atoms with Crippen LogP contribution >= 0.6 is 12.2 Å². The van der Waals surface area contributed by atoms with E-state index in [9.17, 15) is 10.1 Å². The van der Waals surface area contributed by atoms with Crippen molar-refractivity contribution in [2.75, 3.05) is 21.3 Å². The zero-order chi connectivity index (χ0) is 21.1. The van der Waals surface area contributed by atoms with Crippen molar-refractivity contribution in [1.29, 1.82) is 0 Å². The van der Waals surface area contributed by atoms with Gasteiger partial charge in [0, 0.05) is 36.0 Å². The van der Waals surface area contributed by atoms with Crippen LogP contribution in [0.4, 0.5) is 5.69 Å². The van der Waals surface area contributed by atoms with Gasteiger partial charge in [0.1, 0.15) is 0 Å². The lowest BCUT2D eigenvalue weighted by Gasteiger charge is -2.20. The van der Waals surface area contributed by atoms with E-state index in [1.54, 1.807) is 38.4 Å². The van der Waals surface area contributed by atoms with Crippen LogP contribution in [0, 0.1) is 10.1 Å². The quantitative estimate of drug-likeness (QED) is 0.467. The fraction of sp³-hybridized carbons (Fsp3) is 0.200. The van der Waals surface area contributed by atoms with Crippen LogP contribution in [0.2, 0.25) is 0 Å². The summed E-state index contributed by atoms with van der Waals surface area (Å²) in [6, 6.07) is 9.93. The number of benzene rings is 2. The van der Waals surface area contributed by atoms with Crippen LogP contribution in [-0.4, -0.2) is 42.0 Å². The van der Waals surface area contributed by atoms with Crippen LogP contribution in [-0.2, 0) is 0 Å². The maximum absolute atomic E-state index is 11.0. The van der Waals surface area contributed by atoms with Gasteiger partial charge in [0.25, 0.3) is 5.69 Å². The summed E-state index contributed by atoms with van der Waals surface area (Å²) in [5.41, 5.74) is 3.76. The van der Waals surface area contributed by atoms with E-state index in [-0.39, 0.29) is 5.69 Å². The standard InChI is InChI=1S/C20H20N4O4S/c1-12-9-14-10-17(27-3)18(28-4)11-16(14)19(22-23(12)20(29)21-2)13-5-7-15(8-6-13)24(25)26/h5-11H,1-4H3,(H,21,29). The Hall–Kier alpha value is -3.46. The second-order valence-electron chi connectivity index (χ2n) is 6.20. The van der Waals surface area contributed by atoms with Gasteiger partial charge in [-0.1, -0.05) is 0 Å². The Morgan fingerprint density at radius 1 is 1.17 bits per heavy atom. The first-order valence-electron chi connectivity index (χ1n) is 8.69. The molecule has 3 rings (SSSR count). The van der Waals surface area contributed by atoms with E-state index in [1.165, 1.54) is 12.1 Å². The molecule has 2 aromatic carbocycles. The molecular weight excluding hydrogens is 392 g/mol. The number of fused-ring (bicyclic) bond motifs is 1. The molecule has 8 nitrogen and oxygen atoms in total. The molecule has 0 aromatic heterocycles. The molecule has 9 heteroatoms. The smallest absolute Gasteiger partial charge is 0.269 e. The van der Waals surface area contributed by atoms with Crippen molar-refractivity contribution >= 4 is 34.8 Å². The van der Waals surface area contributed by atoms with Gasteiger partial charge in [-0.25, -0.2) is 5.01 Å². The van der Waals surface area contributed by atoms with Gasteiger partial charge in [-0.2, -0.15) is 5.10 Å². The lowest BCUT2D eigenvalue weighted by molar-refractivity contribution is -0.384. The van der Waals surface area contributed by atoms with Gasteiger partial charge in [0.05, 0.1) is 24.9 Å². The topological polar surface area (TPSA) is 89.2 Å². The first kappa shape index (κ1) is 20.3. The Kier molecular flexibility index (Phi) is 5.79. The summed E-state index contributed by atoms with van der Waals surface area (Å²) in [7, 11) is 4.86. The lowest BCUT2D eigenvalue weighted by atomic mass is 9.96. The predicted molar refractivity (Wildman–Crippen MR) is 115 cm³/mol. The Morgan fingerprint density at radius 2 is 1.79 bits per heavy atom. The number of methoxy groups -OCH3 is 2. The number of nitro benzene ring substituents is 1. The third kappa shape index (κ3) is 3.90. The van der Waals surface area contributed by atoms with E-state index in [1.807, 2.05) is 25.1 Å².